The van der Waals surface area contributed by atoms with Crippen LogP contribution in [0.4, 0.5) is 11.4 Å². The number of nitrogens with two attached hydrogens (primary N) is 1. The van der Waals surface area contributed by atoms with Crippen molar-refractivity contribution in [3.05, 3.63) is 46.5 Å². The summed E-state index contributed by atoms with van der Waals surface area (Å²) in [4.78, 5) is 12.3. The molecule has 16 heavy (non-hydrogen) atoms. The summed E-state index contributed by atoms with van der Waals surface area (Å²) in [6.07, 6.45) is 1.79. The van der Waals surface area contributed by atoms with Crippen LogP contribution in [0.3, 0.4) is 0 Å². The summed E-state index contributed by atoms with van der Waals surface area (Å²) < 4.78 is 0. The van der Waals surface area contributed by atoms with Crippen LogP contribution >= 0.6 is 0 Å². The predicted octanol–water partition coefficient (Wildman–Crippen LogP) is 1.60. The molecule has 1 aromatic carbocycles. The van der Waals surface area contributed by atoms with Gasteiger partial charge in [-0.2, -0.15) is 0 Å². The van der Waals surface area contributed by atoms with Crippen molar-refractivity contribution in [3.8, 4) is 0 Å². The van der Waals surface area contributed by atoms with E-state index in [0.717, 1.165) is 11.3 Å². The number of benzene rings is 1. The van der Waals surface area contributed by atoms with E-state index < -0.39 is 4.92 Å². The molecule has 0 fully saturated rings. The molecule has 5 nitrogen and oxygen atoms in total. The lowest BCUT2D eigenvalue weighted by Gasteiger charge is -2.16. The molecule has 0 unspecified atom stereocenters. The zero-order valence-corrected chi connectivity index (χ0v) is 8.80. The fourth-order valence-corrected chi connectivity index (χ4v) is 2.00. The second-order valence-corrected chi connectivity index (χ2v) is 3.80. The SMILES string of the molecule is C=CCN1C[C@H](N)c2cc([N+](=O)[O-])ccc21. The number of nitro benzene ring substituents is 1. The summed E-state index contributed by atoms with van der Waals surface area (Å²) >= 11 is 0. The van der Waals surface area contributed by atoms with Crippen LogP contribution in [0.5, 0.6) is 0 Å². The van der Waals surface area contributed by atoms with Gasteiger partial charge < -0.3 is 10.6 Å². The van der Waals surface area contributed by atoms with Crippen molar-refractivity contribution in [1.82, 2.24) is 0 Å². The minimum absolute atomic E-state index is 0.0923. The number of anilines is 1. The summed E-state index contributed by atoms with van der Waals surface area (Å²) in [5.41, 5.74) is 7.84. The van der Waals surface area contributed by atoms with Crippen LogP contribution in [0.15, 0.2) is 30.9 Å². The number of hydrogen-bond acceptors (Lipinski definition) is 4. The minimum Gasteiger partial charge on any atom is -0.366 e. The Morgan fingerprint density at radius 3 is 3.06 bits per heavy atom. The Kier molecular flexibility index (Phi) is 2.62. The predicted molar refractivity (Wildman–Crippen MR) is 62.4 cm³/mol. The number of nitro groups is 1. The van der Waals surface area contributed by atoms with E-state index in [-0.39, 0.29) is 11.7 Å². The van der Waals surface area contributed by atoms with E-state index in [4.69, 9.17) is 5.73 Å². The number of non-ortho nitro benzene ring substituents is 1. The van der Waals surface area contributed by atoms with Gasteiger partial charge >= 0.3 is 0 Å². The number of nitrogens with zero attached hydrogens (tertiary/aromatic N) is 2. The van der Waals surface area contributed by atoms with Gasteiger partial charge in [0.2, 0.25) is 0 Å². The van der Waals surface area contributed by atoms with Gasteiger partial charge in [0.05, 0.1) is 4.92 Å². The molecule has 2 rings (SSSR count). The Morgan fingerprint density at radius 2 is 2.44 bits per heavy atom. The topological polar surface area (TPSA) is 72.4 Å². The lowest BCUT2D eigenvalue weighted by atomic mass is 10.1. The van der Waals surface area contributed by atoms with Gasteiger partial charge in [-0.15, -0.1) is 6.58 Å². The molecule has 0 radical (unpaired) electrons. The molecule has 0 aromatic heterocycles. The van der Waals surface area contributed by atoms with E-state index in [0.29, 0.717) is 13.1 Å². The summed E-state index contributed by atoms with van der Waals surface area (Å²) in [7, 11) is 0. The van der Waals surface area contributed by atoms with Gasteiger partial charge in [-0.05, 0) is 6.07 Å². The molecular weight excluding hydrogens is 206 g/mol. The molecule has 1 heterocycles. The van der Waals surface area contributed by atoms with E-state index in [1.54, 1.807) is 18.2 Å². The maximum Gasteiger partial charge on any atom is 0.269 e. The molecule has 0 saturated carbocycles. The van der Waals surface area contributed by atoms with Crippen molar-refractivity contribution in [3.63, 3.8) is 0 Å². The van der Waals surface area contributed by atoms with Crippen LogP contribution in [0, 0.1) is 10.1 Å². The summed E-state index contributed by atoms with van der Waals surface area (Å²) in [6, 6.07) is 4.66. The van der Waals surface area contributed by atoms with Crippen molar-refractivity contribution in [2.45, 2.75) is 6.04 Å². The van der Waals surface area contributed by atoms with Crippen molar-refractivity contribution >= 4 is 11.4 Å². The zero-order chi connectivity index (χ0) is 11.7. The third kappa shape index (κ3) is 1.65. The van der Waals surface area contributed by atoms with E-state index in [1.165, 1.54) is 6.07 Å². The van der Waals surface area contributed by atoms with Crippen molar-refractivity contribution in [2.75, 3.05) is 18.0 Å². The third-order valence-corrected chi connectivity index (χ3v) is 2.73. The summed E-state index contributed by atoms with van der Waals surface area (Å²) in [5.74, 6) is 0. The molecule has 2 N–H and O–H groups in total. The number of rotatable bonds is 3. The molecular formula is C11H13N3O2. The highest BCUT2D eigenvalue weighted by Gasteiger charge is 2.26. The van der Waals surface area contributed by atoms with Gasteiger partial charge in [0, 0.05) is 42.5 Å². The molecule has 0 bridgehead atoms. The maximum atomic E-state index is 10.6. The van der Waals surface area contributed by atoms with Crippen LogP contribution in [0.2, 0.25) is 0 Å². The lowest BCUT2D eigenvalue weighted by molar-refractivity contribution is -0.384. The molecule has 0 amide bonds. The average Bonchev–Trinajstić information content (AvgIpc) is 2.56. The maximum absolute atomic E-state index is 10.6. The normalized spacial score (nSPS) is 18.3. The van der Waals surface area contributed by atoms with Gasteiger partial charge in [0.25, 0.3) is 5.69 Å². The molecule has 84 valence electrons. The van der Waals surface area contributed by atoms with Crippen LogP contribution < -0.4 is 10.6 Å². The molecule has 0 saturated heterocycles. The van der Waals surface area contributed by atoms with Crippen molar-refractivity contribution in [1.29, 1.82) is 0 Å². The van der Waals surface area contributed by atoms with Gasteiger partial charge in [-0.25, -0.2) is 0 Å². The fourth-order valence-electron chi connectivity index (χ4n) is 2.00. The van der Waals surface area contributed by atoms with E-state index in [9.17, 15) is 10.1 Å². The van der Waals surface area contributed by atoms with Crippen molar-refractivity contribution in [2.24, 2.45) is 5.73 Å². The molecule has 5 heteroatoms. The second kappa shape index (κ2) is 3.94. The first-order chi connectivity index (χ1) is 7.63. The summed E-state index contributed by atoms with van der Waals surface area (Å²) in [5, 5.41) is 10.6. The van der Waals surface area contributed by atoms with Crippen molar-refractivity contribution < 1.29 is 4.92 Å². The standard InChI is InChI=1S/C11H13N3O2/c1-2-5-13-7-10(12)9-6-8(14(15)16)3-4-11(9)13/h2-4,6,10H,1,5,7,12H2/t10-/m0/s1. The van der Waals surface area contributed by atoms with E-state index in [1.807, 2.05) is 0 Å². The van der Waals surface area contributed by atoms with Gasteiger partial charge in [0.1, 0.15) is 0 Å². The smallest absolute Gasteiger partial charge is 0.269 e. The first kappa shape index (κ1) is 10.6. The quantitative estimate of drug-likeness (QED) is 0.476. The Balaban J connectivity index is 2.40. The Bertz CT molecular complexity index is 445. The fraction of sp³-hybridized carbons (Fsp3) is 0.273. The molecule has 1 aliphatic heterocycles. The van der Waals surface area contributed by atoms with Gasteiger partial charge in [-0.1, -0.05) is 6.08 Å². The van der Waals surface area contributed by atoms with Crippen LogP contribution in [-0.2, 0) is 0 Å². The highest BCUT2D eigenvalue weighted by molar-refractivity contribution is 5.63. The Labute approximate surface area is 93.3 Å². The second-order valence-electron chi connectivity index (χ2n) is 3.80. The first-order valence-corrected chi connectivity index (χ1v) is 5.03. The van der Waals surface area contributed by atoms with E-state index in [2.05, 4.69) is 11.5 Å². The Hall–Kier alpha value is -1.88. The van der Waals surface area contributed by atoms with E-state index >= 15 is 0 Å². The molecule has 1 aliphatic rings. The van der Waals surface area contributed by atoms with Crippen LogP contribution in [0.1, 0.15) is 11.6 Å². The number of hydrogen-bond donors (Lipinski definition) is 1. The monoisotopic (exact) mass is 219 g/mol. The van der Waals surface area contributed by atoms with Crippen LogP contribution in [0.25, 0.3) is 0 Å². The Morgan fingerprint density at radius 1 is 1.69 bits per heavy atom. The third-order valence-electron chi connectivity index (χ3n) is 2.73. The minimum atomic E-state index is -0.400. The van der Waals surface area contributed by atoms with Crippen LogP contribution in [-0.4, -0.2) is 18.0 Å². The number of fused-ring (bicyclic) bond motifs is 1. The lowest BCUT2D eigenvalue weighted by Crippen LogP contribution is -2.24. The summed E-state index contributed by atoms with van der Waals surface area (Å²) in [6.45, 7) is 5.07. The largest absolute Gasteiger partial charge is 0.366 e. The highest BCUT2D eigenvalue weighted by atomic mass is 16.6. The molecule has 1 atom stereocenters. The highest BCUT2D eigenvalue weighted by Crippen LogP contribution is 2.35. The average molecular weight is 219 g/mol. The van der Waals surface area contributed by atoms with Gasteiger partial charge in [0.15, 0.2) is 0 Å². The molecule has 1 aromatic rings. The first-order valence-electron chi connectivity index (χ1n) is 5.03. The zero-order valence-electron chi connectivity index (χ0n) is 8.80. The molecule has 0 aliphatic carbocycles. The molecule has 0 spiro atoms. The van der Waals surface area contributed by atoms with Gasteiger partial charge in [-0.3, -0.25) is 10.1 Å².